The molecule has 0 aliphatic rings. The average molecular weight is 536 g/mol. The molecule has 2 aromatic heterocycles. The number of aromatic nitrogens is 1. The number of furan rings is 1. The summed E-state index contributed by atoms with van der Waals surface area (Å²) in [6.07, 6.45) is 0. The lowest BCUT2D eigenvalue weighted by Gasteiger charge is -2.14. The van der Waals surface area contributed by atoms with Gasteiger partial charge in [0.25, 0.3) is 0 Å². The van der Waals surface area contributed by atoms with Crippen molar-refractivity contribution >= 4 is 54.5 Å². The smallest absolute Gasteiger partial charge is 0.136 e. The number of hydrogen-bond donors (Lipinski definition) is 0. The van der Waals surface area contributed by atoms with E-state index >= 15 is 0 Å². The van der Waals surface area contributed by atoms with E-state index in [-0.39, 0.29) is 0 Å². The van der Waals surface area contributed by atoms with Crippen molar-refractivity contribution in [3.05, 3.63) is 152 Å². The summed E-state index contributed by atoms with van der Waals surface area (Å²) in [7, 11) is 0. The molecule has 0 saturated carbocycles. The molecule has 0 atom stereocenters. The van der Waals surface area contributed by atoms with E-state index in [2.05, 4.69) is 150 Å². The number of rotatable bonds is 3. The molecule has 196 valence electrons. The molecule has 0 radical (unpaired) electrons. The maximum absolute atomic E-state index is 6.27. The molecule has 42 heavy (non-hydrogen) atoms. The van der Waals surface area contributed by atoms with E-state index in [1.54, 1.807) is 0 Å². The first kappa shape index (κ1) is 23.1. The van der Waals surface area contributed by atoms with Crippen LogP contribution in [-0.4, -0.2) is 4.57 Å². The van der Waals surface area contributed by atoms with E-state index in [9.17, 15) is 0 Å². The number of fused-ring (bicyclic) bond motifs is 8. The summed E-state index contributed by atoms with van der Waals surface area (Å²) < 4.78 is 8.70. The molecule has 9 aromatic rings. The number of nitrogens with zero attached hydrogens (tertiary/aromatic N) is 1. The molecule has 0 fully saturated rings. The van der Waals surface area contributed by atoms with Gasteiger partial charge in [0.05, 0.1) is 11.0 Å². The van der Waals surface area contributed by atoms with Gasteiger partial charge in [0, 0.05) is 27.2 Å². The summed E-state index contributed by atoms with van der Waals surface area (Å²) in [5, 5.41) is 7.24. The van der Waals surface area contributed by atoms with Crippen molar-refractivity contribution in [2.24, 2.45) is 0 Å². The first-order chi connectivity index (χ1) is 20.8. The maximum Gasteiger partial charge on any atom is 0.136 e. The summed E-state index contributed by atoms with van der Waals surface area (Å²) in [5.74, 6) is 0. The molecule has 0 aliphatic carbocycles. The average Bonchev–Trinajstić information content (AvgIpc) is 3.60. The molecule has 0 bridgehead atoms. The maximum atomic E-state index is 6.27. The van der Waals surface area contributed by atoms with Crippen LogP contribution in [0.3, 0.4) is 0 Å². The highest BCUT2D eigenvalue weighted by molar-refractivity contribution is 6.23. The Hall–Kier alpha value is -5.60. The van der Waals surface area contributed by atoms with Crippen molar-refractivity contribution in [1.29, 1.82) is 0 Å². The fraction of sp³-hybridized carbons (Fsp3) is 0. The van der Waals surface area contributed by atoms with Gasteiger partial charge in [0.15, 0.2) is 0 Å². The highest BCUT2D eigenvalue weighted by Crippen LogP contribution is 2.41. The van der Waals surface area contributed by atoms with Gasteiger partial charge in [-0.2, -0.15) is 0 Å². The van der Waals surface area contributed by atoms with E-state index in [1.807, 2.05) is 6.07 Å². The summed E-state index contributed by atoms with van der Waals surface area (Å²) >= 11 is 0. The Kier molecular flexibility index (Phi) is 4.93. The third-order valence-corrected chi connectivity index (χ3v) is 8.54. The Morgan fingerprint density at radius 3 is 1.76 bits per heavy atom. The molecule has 2 heteroatoms. The van der Waals surface area contributed by atoms with Crippen molar-refractivity contribution in [2.45, 2.75) is 0 Å². The van der Waals surface area contributed by atoms with Gasteiger partial charge < -0.3 is 8.98 Å². The first-order valence-electron chi connectivity index (χ1n) is 14.4. The van der Waals surface area contributed by atoms with Crippen LogP contribution < -0.4 is 0 Å². The van der Waals surface area contributed by atoms with Gasteiger partial charge >= 0.3 is 0 Å². The Balaban J connectivity index is 1.41. The van der Waals surface area contributed by atoms with Crippen LogP contribution >= 0.6 is 0 Å². The Morgan fingerprint density at radius 1 is 0.381 bits per heavy atom. The molecule has 2 nitrogen and oxygen atoms in total. The standard InChI is InChI=1S/C40H25NO/c1-3-11-26(12-4-1)29-21-30(27-13-5-2-6-14-27)23-31(22-29)41-36-17-9-7-15-32(36)35-24-28-19-20-39-40(34(28)25-37(35)41)33-16-8-10-18-38(33)42-39/h1-25H. The molecule has 0 N–H and O–H groups in total. The molecule has 0 unspecified atom stereocenters. The van der Waals surface area contributed by atoms with Gasteiger partial charge in [0.2, 0.25) is 0 Å². The van der Waals surface area contributed by atoms with Crippen LogP contribution in [0, 0.1) is 0 Å². The molecule has 9 rings (SSSR count). The lowest BCUT2D eigenvalue weighted by Crippen LogP contribution is -1.96. The summed E-state index contributed by atoms with van der Waals surface area (Å²) in [4.78, 5) is 0. The van der Waals surface area contributed by atoms with Gasteiger partial charge in [0.1, 0.15) is 11.2 Å². The SMILES string of the molecule is c1ccc(-c2cc(-c3ccccc3)cc(-n3c4ccccc4c4cc5ccc6oc7ccccc7c6c5cc43)c2)cc1. The molecular weight excluding hydrogens is 510 g/mol. The van der Waals surface area contributed by atoms with Gasteiger partial charge in [-0.25, -0.2) is 0 Å². The van der Waals surface area contributed by atoms with Crippen LogP contribution in [0.5, 0.6) is 0 Å². The predicted molar refractivity (Wildman–Crippen MR) is 176 cm³/mol. The molecule has 2 heterocycles. The van der Waals surface area contributed by atoms with Crippen molar-refractivity contribution < 1.29 is 4.42 Å². The van der Waals surface area contributed by atoms with Crippen LogP contribution in [0.4, 0.5) is 0 Å². The zero-order chi connectivity index (χ0) is 27.6. The third kappa shape index (κ3) is 3.45. The van der Waals surface area contributed by atoms with Gasteiger partial charge in [-0.3, -0.25) is 0 Å². The molecule has 7 aromatic carbocycles. The monoisotopic (exact) mass is 535 g/mol. The largest absolute Gasteiger partial charge is 0.456 e. The predicted octanol–water partition coefficient (Wildman–Crippen LogP) is 11.2. The fourth-order valence-electron chi connectivity index (χ4n) is 6.62. The minimum Gasteiger partial charge on any atom is -0.456 e. The highest BCUT2D eigenvalue weighted by Gasteiger charge is 2.17. The third-order valence-electron chi connectivity index (χ3n) is 8.54. The zero-order valence-corrected chi connectivity index (χ0v) is 22.8. The van der Waals surface area contributed by atoms with Crippen LogP contribution in [0.15, 0.2) is 156 Å². The first-order valence-corrected chi connectivity index (χ1v) is 14.4. The number of hydrogen-bond acceptors (Lipinski definition) is 1. The molecule has 0 amide bonds. The van der Waals surface area contributed by atoms with E-state index in [0.717, 1.165) is 22.2 Å². The summed E-state index contributed by atoms with van der Waals surface area (Å²) in [5.41, 5.74) is 10.2. The Bertz CT molecular complexity index is 2390. The van der Waals surface area contributed by atoms with Crippen LogP contribution in [-0.2, 0) is 0 Å². The van der Waals surface area contributed by atoms with E-state index in [0.29, 0.717) is 0 Å². The van der Waals surface area contributed by atoms with Gasteiger partial charge in [-0.05, 0) is 81.6 Å². The van der Waals surface area contributed by atoms with Gasteiger partial charge in [-0.1, -0.05) is 103 Å². The van der Waals surface area contributed by atoms with Crippen molar-refractivity contribution in [1.82, 2.24) is 4.57 Å². The highest BCUT2D eigenvalue weighted by atomic mass is 16.3. The number of para-hydroxylation sites is 2. The minimum absolute atomic E-state index is 0.920. The topological polar surface area (TPSA) is 18.1 Å². The Labute approximate surface area is 242 Å². The second kappa shape index (κ2) is 8.95. The van der Waals surface area contributed by atoms with E-state index < -0.39 is 0 Å². The van der Waals surface area contributed by atoms with Crippen LogP contribution in [0.1, 0.15) is 0 Å². The summed E-state index contributed by atoms with van der Waals surface area (Å²) in [6.45, 7) is 0. The minimum atomic E-state index is 0.920. The van der Waals surface area contributed by atoms with E-state index in [4.69, 9.17) is 4.42 Å². The lowest BCUT2D eigenvalue weighted by atomic mass is 9.98. The van der Waals surface area contributed by atoms with Crippen LogP contribution in [0.2, 0.25) is 0 Å². The zero-order valence-electron chi connectivity index (χ0n) is 22.8. The second-order valence-electron chi connectivity index (χ2n) is 11.0. The molecular formula is C40H25NO. The Morgan fingerprint density at radius 2 is 1.02 bits per heavy atom. The van der Waals surface area contributed by atoms with Gasteiger partial charge in [-0.15, -0.1) is 0 Å². The lowest BCUT2D eigenvalue weighted by molar-refractivity contribution is 0.669. The van der Waals surface area contributed by atoms with Crippen molar-refractivity contribution in [2.75, 3.05) is 0 Å². The van der Waals surface area contributed by atoms with E-state index in [1.165, 1.54) is 60.2 Å². The molecule has 0 spiro atoms. The molecule has 0 aliphatic heterocycles. The molecule has 0 saturated heterocycles. The van der Waals surface area contributed by atoms with Crippen molar-refractivity contribution in [3.8, 4) is 27.9 Å². The normalized spacial score (nSPS) is 11.8. The number of benzene rings is 7. The quantitative estimate of drug-likeness (QED) is 0.220. The summed E-state index contributed by atoms with van der Waals surface area (Å²) in [6, 6.07) is 54.4. The van der Waals surface area contributed by atoms with Crippen LogP contribution in [0.25, 0.3) is 82.5 Å². The second-order valence-corrected chi connectivity index (χ2v) is 11.0. The fourth-order valence-corrected chi connectivity index (χ4v) is 6.62. The van der Waals surface area contributed by atoms with Crippen molar-refractivity contribution in [3.63, 3.8) is 0 Å².